The molecule has 25 heavy (non-hydrogen) atoms. The third-order valence-electron chi connectivity index (χ3n) is 4.73. The van der Waals surface area contributed by atoms with Crippen molar-refractivity contribution in [1.29, 1.82) is 0 Å². The topological polar surface area (TPSA) is 56.2 Å². The van der Waals surface area contributed by atoms with Gasteiger partial charge in [-0.05, 0) is 56.7 Å². The highest BCUT2D eigenvalue weighted by molar-refractivity contribution is 5.75. The third kappa shape index (κ3) is 4.84. The molecule has 0 aliphatic carbocycles. The van der Waals surface area contributed by atoms with Crippen molar-refractivity contribution < 1.29 is 9.53 Å². The number of carbonyl (C=O) groups excluding carboxylic acids is 1. The standard InChI is InChI=1S/C20H27N3O2/c1-15-12-16(2)23(22-15)10-5-8-20(24)21-14-17-9-11-25-19-7-4-3-6-18(19)13-17/h3-4,6-7,12,17H,5,8-11,13-14H2,1-2H3,(H,21,24)/t17-/m1/s1. The molecule has 0 saturated carbocycles. The summed E-state index contributed by atoms with van der Waals surface area (Å²) >= 11 is 0. The Bertz CT molecular complexity index is 723. The number of fused-ring (bicyclic) bond motifs is 1. The first-order valence-electron chi connectivity index (χ1n) is 9.10. The molecule has 1 aliphatic rings. The van der Waals surface area contributed by atoms with Gasteiger partial charge in [-0.2, -0.15) is 5.10 Å². The van der Waals surface area contributed by atoms with Crippen molar-refractivity contribution >= 4 is 5.91 Å². The minimum absolute atomic E-state index is 0.125. The number of amides is 1. The number of para-hydroxylation sites is 1. The molecule has 0 saturated heterocycles. The van der Waals surface area contributed by atoms with E-state index < -0.39 is 0 Å². The first-order chi connectivity index (χ1) is 12.1. The summed E-state index contributed by atoms with van der Waals surface area (Å²) < 4.78 is 7.76. The van der Waals surface area contributed by atoms with Crippen molar-refractivity contribution in [2.75, 3.05) is 13.2 Å². The smallest absolute Gasteiger partial charge is 0.220 e. The second-order valence-corrected chi connectivity index (χ2v) is 6.87. The van der Waals surface area contributed by atoms with E-state index in [9.17, 15) is 4.79 Å². The van der Waals surface area contributed by atoms with Gasteiger partial charge in [-0.25, -0.2) is 0 Å². The lowest BCUT2D eigenvalue weighted by Gasteiger charge is -2.14. The first-order valence-corrected chi connectivity index (χ1v) is 9.10. The summed E-state index contributed by atoms with van der Waals surface area (Å²) in [4.78, 5) is 12.1. The fourth-order valence-corrected chi connectivity index (χ4v) is 3.37. The largest absolute Gasteiger partial charge is 0.493 e. The zero-order chi connectivity index (χ0) is 17.6. The highest BCUT2D eigenvalue weighted by Crippen LogP contribution is 2.26. The van der Waals surface area contributed by atoms with Gasteiger partial charge >= 0.3 is 0 Å². The number of ether oxygens (including phenoxy) is 1. The van der Waals surface area contributed by atoms with Crippen LogP contribution in [0.4, 0.5) is 0 Å². The van der Waals surface area contributed by atoms with Gasteiger partial charge in [0, 0.05) is 25.2 Å². The average Bonchev–Trinajstić information content (AvgIpc) is 2.80. The highest BCUT2D eigenvalue weighted by atomic mass is 16.5. The predicted molar refractivity (Wildman–Crippen MR) is 97.7 cm³/mol. The van der Waals surface area contributed by atoms with Crippen LogP contribution < -0.4 is 10.1 Å². The number of nitrogens with one attached hydrogen (secondary N) is 1. The van der Waals surface area contributed by atoms with E-state index in [4.69, 9.17) is 4.74 Å². The SMILES string of the molecule is Cc1cc(C)n(CCCC(=O)NC[C@@H]2CCOc3ccccc3C2)n1. The van der Waals surface area contributed by atoms with Crippen molar-refractivity contribution in [1.82, 2.24) is 15.1 Å². The fourth-order valence-electron chi connectivity index (χ4n) is 3.37. The maximum atomic E-state index is 12.1. The predicted octanol–water partition coefficient (Wildman–Crippen LogP) is 3.04. The number of carbonyl (C=O) groups is 1. The summed E-state index contributed by atoms with van der Waals surface area (Å²) in [6.07, 6.45) is 3.28. The van der Waals surface area contributed by atoms with Crippen LogP contribution in [0.5, 0.6) is 5.75 Å². The molecule has 5 nitrogen and oxygen atoms in total. The quantitative estimate of drug-likeness (QED) is 0.879. The molecule has 1 aliphatic heterocycles. The molecule has 134 valence electrons. The van der Waals surface area contributed by atoms with Crippen LogP contribution in [0.25, 0.3) is 0 Å². The summed E-state index contributed by atoms with van der Waals surface area (Å²) in [5.41, 5.74) is 3.41. The van der Waals surface area contributed by atoms with Crippen molar-refractivity contribution in [2.45, 2.75) is 46.1 Å². The summed E-state index contributed by atoms with van der Waals surface area (Å²) in [6, 6.07) is 10.2. The molecule has 0 radical (unpaired) electrons. The number of hydrogen-bond acceptors (Lipinski definition) is 3. The molecular weight excluding hydrogens is 314 g/mol. The van der Waals surface area contributed by atoms with Gasteiger partial charge in [0.2, 0.25) is 5.91 Å². The summed E-state index contributed by atoms with van der Waals surface area (Å²) in [6.45, 7) is 6.26. The fraction of sp³-hybridized carbons (Fsp3) is 0.500. The van der Waals surface area contributed by atoms with Gasteiger partial charge in [-0.3, -0.25) is 9.48 Å². The number of hydrogen-bond donors (Lipinski definition) is 1. The van der Waals surface area contributed by atoms with Gasteiger partial charge in [0.1, 0.15) is 5.75 Å². The summed E-state index contributed by atoms with van der Waals surface area (Å²) in [7, 11) is 0. The Morgan fingerprint density at radius 1 is 1.36 bits per heavy atom. The molecule has 1 aromatic heterocycles. The van der Waals surface area contributed by atoms with Crippen LogP contribution in [0.2, 0.25) is 0 Å². The van der Waals surface area contributed by atoms with Gasteiger partial charge in [0.25, 0.3) is 0 Å². The van der Waals surface area contributed by atoms with Gasteiger partial charge in [0.05, 0.1) is 12.3 Å². The van der Waals surface area contributed by atoms with E-state index >= 15 is 0 Å². The maximum Gasteiger partial charge on any atom is 0.220 e. The molecule has 0 unspecified atom stereocenters. The van der Waals surface area contributed by atoms with Crippen molar-refractivity contribution in [3.05, 3.63) is 47.3 Å². The van der Waals surface area contributed by atoms with Gasteiger partial charge in [0.15, 0.2) is 0 Å². The molecular formula is C20H27N3O2. The molecule has 5 heteroatoms. The van der Waals surface area contributed by atoms with Crippen LogP contribution in [0.1, 0.15) is 36.2 Å². The first kappa shape index (κ1) is 17.5. The molecule has 0 spiro atoms. The van der Waals surface area contributed by atoms with E-state index in [2.05, 4.69) is 22.5 Å². The molecule has 2 aromatic rings. The Balaban J connectivity index is 1.41. The lowest BCUT2D eigenvalue weighted by Crippen LogP contribution is -2.30. The van der Waals surface area contributed by atoms with Crippen LogP contribution in [0.3, 0.4) is 0 Å². The van der Waals surface area contributed by atoms with Crippen molar-refractivity contribution in [3.8, 4) is 5.75 Å². The van der Waals surface area contributed by atoms with Crippen LogP contribution in [-0.2, 0) is 17.8 Å². The van der Waals surface area contributed by atoms with Crippen LogP contribution >= 0.6 is 0 Å². The number of aromatic nitrogens is 2. The van der Waals surface area contributed by atoms with E-state index in [-0.39, 0.29) is 5.91 Å². The zero-order valence-corrected chi connectivity index (χ0v) is 15.1. The minimum Gasteiger partial charge on any atom is -0.493 e. The second kappa shape index (κ2) is 8.19. The average molecular weight is 341 g/mol. The normalized spacial score (nSPS) is 16.6. The van der Waals surface area contributed by atoms with E-state index in [0.717, 1.165) is 56.1 Å². The molecule has 2 heterocycles. The molecule has 1 N–H and O–H groups in total. The molecule has 1 atom stereocenters. The summed E-state index contributed by atoms with van der Waals surface area (Å²) in [5, 5.41) is 7.52. The maximum absolute atomic E-state index is 12.1. The molecule has 0 fully saturated rings. The molecule has 0 bridgehead atoms. The monoisotopic (exact) mass is 341 g/mol. The van der Waals surface area contributed by atoms with E-state index in [1.165, 1.54) is 5.56 Å². The highest BCUT2D eigenvalue weighted by Gasteiger charge is 2.18. The zero-order valence-electron chi connectivity index (χ0n) is 15.1. The minimum atomic E-state index is 0.125. The van der Waals surface area contributed by atoms with Gasteiger partial charge in [-0.15, -0.1) is 0 Å². The Morgan fingerprint density at radius 3 is 3.00 bits per heavy atom. The molecule has 1 aromatic carbocycles. The van der Waals surface area contributed by atoms with E-state index in [0.29, 0.717) is 12.3 Å². The number of benzene rings is 1. The summed E-state index contributed by atoms with van der Waals surface area (Å²) in [5.74, 6) is 1.55. The molecule has 1 amide bonds. The molecule has 3 rings (SSSR count). The Labute approximate surface area is 149 Å². The van der Waals surface area contributed by atoms with Crippen LogP contribution in [0.15, 0.2) is 30.3 Å². The second-order valence-electron chi connectivity index (χ2n) is 6.87. The lowest BCUT2D eigenvalue weighted by molar-refractivity contribution is -0.121. The van der Waals surface area contributed by atoms with E-state index in [1.807, 2.05) is 36.7 Å². The van der Waals surface area contributed by atoms with Crippen LogP contribution in [0, 0.1) is 19.8 Å². The Kier molecular flexibility index (Phi) is 5.74. The number of rotatable bonds is 6. The third-order valence-corrected chi connectivity index (χ3v) is 4.73. The van der Waals surface area contributed by atoms with Gasteiger partial charge in [-0.1, -0.05) is 18.2 Å². The van der Waals surface area contributed by atoms with Crippen molar-refractivity contribution in [3.63, 3.8) is 0 Å². The Hall–Kier alpha value is -2.30. The van der Waals surface area contributed by atoms with Gasteiger partial charge < -0.3 is 10.1 Å². The Morgan fingerprint density at radius 2 is 2.20 bits per heavy atom. The van der Waals surface area contributed by atoms with Crippen LogP contribution in [-0.4, -0.2) is 28.8 Å². The number of aryl methyl sites for hydroxylation is 3. The van der Waals surface area contributed by atoms with E-state index in [1.54, 1.807) is 0 Å². The number of nitrogens with zero attached hydrogens (tertiary/aromatic N) is 2. The lowest BCUT2D eigenvalue weighted by atomic mass is 9.97. The van der Waals surface area contributed by atoms with Crippen molar-refractivity contribution in [2.24, 2.45) is 5.92 Å².